The molecule has 0 amide bonds. The topological polar surface area (TPSA) is 17.1 Å². The van der Waals surface area contributed by atoms with Crippen molar-refractivity contribution in [2.24, 2.45) is 0 Å². The Hall–Kier alpha value is -2.15. The van der Waals surface area contributed by atoms with Crippen LogP contribution in [0.2, 0.25) is 0 Å². The fourth-order valence-corrected chi connectivity index (χ4v) is 1.65. The molecule has 78 valence electrons. The zero-order valence-corrected chi connectivity index (χ0v) is 8.84. The third-order valence-electron chi connectivity index (χ3n) is 2.40. The Labute approximate surface area is 95.1 Å². The number of hydrogen-bond donors (Lipinski definition) is 0. The Balaban J connectivity index is 2.31. The molecule has 2 aliphatic rings. The van der Waals surface area contributed by atoms with Crippen LogP contribution >= 0.6 is 0 Å². The van der Waals surface area contributed by atoms with Crippen molar-refractivity contribution < 1.29 is 4.79 Å². The van der Waals surface area contributed by atoms with Crippen LogP contribution in [0.15, 0.2) is 60.7 Å². The molecule has 0 N–H and O–H groups in total. The van der Waals surface area contributed by atoms with E-state index in [9.17, 15) is 4.79 Å². The number of rotatable bonds is 3. The summed E-state index contributed by atoms with van der Waals surface area (Å²) in [5, 5.41) is 0. The Morgan fingerprint density at radius 3 is 2.56 bits per heavy atom. The van der Waals surface area contributed by atoms with Gasteiger partial charge in [0.05, 0.1) is 0 Å². The molecule has 1 heteroatoms. The number of allylic oxidation sites excluding steroid dienone is 3. The van der Waals surface area contributed by atoms with E-state index in [0.29, 0.717) is 0 Å². The molecule has 0 atom stereocenters. The first-order chi connectivity index (χ1) is 7.92. The summed E-state index contributed by atoms with van der Waals surface area (Å²) in [5.41, 5.74) is 3.62. The molecule has 2 rings (SSSR count). The predicted octanol–water partition coefficient (Wildman–Crippen LogP) is 3.56. The summed E-state index contributed by atoms with van der Waals surface area (Å²) in [4.78, 5) is 10.1. The molecule has 0 spiro atoms. The van der Waals surface area contributed by atoms with E-state index in [1.807, 2.05) is 30.4 Å². The molecule has 0 aliphatic heterocycles. The highest BCUT2D eigenvalue weighted by Gasteiger charge is 2.03. The maximum atomic E-state index is 10.1. The van der Waals surface area contributed by atoms with Gasteiger partial charge in [-0.15, -0.1) is 0 Å². The second kappa shape index (κ2) is 5.08. The molecular weight excluding hydrogens is 196 g/mol. The molecular formula is C15H12O. The Kier molecular flexibility index (Phi) is 3.29. The molecule has 1 nitrogen and oxygen atoms in total. The summed E-state index contributed by atoms with van der Waals surface area (Å²) < 4.78 is 0. The Morgan fingerprint density at radius 1 is 0.812 bits per heavy atom. The van der Waals surface area contributed by atoms with Crippen LogP contribution in [0.5, 0.6) is 0 Å². The third-order valence-corrected chi connectivity index (χ3v) is 2.40. The first-order valence-corrected chi connectivity index (χ1v) is 5.18. The van der Waals surface area contributed by atoms with Gasteiger partial charge in [-0.2, -0.15) is 0 Å². The second-order valence-electron chi connectivity index (χ2n) is 3.45. The minimum absolute atomic E-state index is 0.771. The lowest BCUT2D eigenvalue weighted by Crippen LogP contribution is -1.69. The minimum atomic E-state index is 0.771. The van der Waals surface area contributed by atoms with Gasteiger partial charge in [0, 0.05) is 0 Å². The van der Waals surface area contributed by atoms with Gasteiger partial charge in [-0.3, -0.25) is 4.79 Å². The first-order valence-electron chi connectivity index (χ1n) is 5.18. The van der Waals surface area contributed by atoms with Crippen LogP contribution in [-0.2, 0) is 4.79 Å². The van der Waals surface area contributed by atoms with Crippen molar-refractivity contribution in [1.29, 1.82) is 0 Å². The number of aldehydes is 1. The van der Waals surface area contributed by atoms with Crippen LogP contribution < -0.4 is 0 Å². The standard InChI is InChI=1S/C15H12O/c16-12-6-2-4-8-14-11-10-13-7-3-1-5-9-15(13)14/h1-12H. The van der Waals surface area contributed by atoms with Crippen molar-refractivity contribution in [3.8, 4) is 11.1 Å². The van der Waals surface area contributed by atoms with Crippen molar-refractivity contribution in [1.82, 2.24) is 0 Å². The van der Waals surface area contributed by atoms with Crippen LogP contribution in [0.25, 0.3) is 17.2 Å². The van der Waals surface area contributed by atoms with Gasteiger partial charge in [0.1, 0.15) is 6.29 Å². The lowest BCUT2D eigenvalue weighted by atomic mass is 10.1. The predicted molar refractivity (Wildman–Crippen MR) is 67.3 cm³/mol. The fourth-order valence-electron chi connectivity index (χ4n) is 1.65. The molecule has 0 saturated heterocycles. The van der Waals surface area contributed by atoms with Crippen LogP contribution in [0.3, 0.4) is 0 Å². The zero-order chi connectivity index (χ0) is 11.2. The van der Waals surface area contributed by atoms with E-state index >= 15 is 0 Å². The fraction of sp³-hybridized carbons (Fsp3) is 0. The van der Waals surface area contributed by atoms with Gasteiger partial charge >= 0.3 is 0 Å². The van der Waals surface area contributed by atoms with Gasteiger partial charge < -0.3 is 0 Å². The molecule has 0 aromatic rings. The molecule has 0 radical (unpaired) electrons. The van der Waals surface area contributed by atoms with Gasteiger partial charge in [0.2, 0.25) is 0 Å². The molecule has 0 unspecified atom stereocenters. The van der Waals surface area contributed by atoms with Crippen molar-refractivity contribution in [3.05, 3.63) is 66.3 Å². The van der Waals surface area contributed by atoms with Gasteiger partial charge in [-0.05, 0) is 22.8 Å². The minimum Gasteiger partial charge on any atom is -0.299 e. The Morgan fingerprint density at radius 2 is 1.69 bits per heavy atom. The molecule has 2 aliphatic carbocycles. The highest BCUT2D eigenvalue weighted by Crippen LogP contribution is 2.27. The van der Waals surface area contributed by atoms with E-state index < -0.39 is 0 Å². The van der Waals surface area contributed by atoms with E-state index in [1.165, 1.54) is 22.8 Å². The number of carbonyl (C=O) groups is 1. The summed E-state index contributed by atoms with van der Waals surface area (Å²) >= 11 is 0. The molecule has 0 aromatic heterocycles. The molecule has 0 aromatic carbocycles. The van der Waals surface area contributed by atoms with Gasteiger partial charge in [-0.1, -0.05) is 60.7 Å². The maximum Gasteiger partial charge on any atom is 0.142 e. The first kappa shape index (κ1) is 10.4. The molecule has 0 fully saturated rings. The summed E-state index contributed by atoms with van der Waals surface area (Å²) in [5.74, 6) is 0. The lowest BCUT2D eigenvalue weighted by molar-refractivity contribution is -0.104. The lowest BCUT2D eigenvalue weighted by Gasteiger charge is -1.93. The molecule has 0 saturated carbocycles. The maximum absolute atomic E-state index is 10.1. The summed E-state index contributed by atoms with van der Waals surface area (Å²) in [6.45, 7) is 0. The smallest absolute Gasteiger partial charge is 0.142 e. The summed E-state index contributed by atoms with van der Waals surface area (Å²) in [6.07, 6.45) is 7.85. The van der Waals surface area contributed by atoms with E-state index in [-0.39, 0.29) is 0 Å². The largest absolute Gasteiger partial charge is 0.299 e. The average Bonchev–Trinajstić information content (AvgIpc) is 2.54. The van der Waals surface area contributed by atoms with Gasteiger partial charge in [0.25, 0.3) is 0 Å². The molecule has 0 bridgehead atoms. The van der Waals surface area contributed by atoms with Crippen molar-refractivity contribution in [2.45, 2.75) is 0 Å². The van der Waals surface area contributed by atoms with Crippen molar-refractivity contribution in [2.75, 3.05) is 0 Å². The third kappa shape index (κ3) is 2.26. The average molecular weight is 208 g/mol. The Bertz CT molecular complexity index is 509. The number of carbonyl (C=O) groups excluding carboxylic acids is 1. The summed E-state index contributed by atoms with van der Waals surface area (Å²) in [6, 6.07) is 14.4. The van der Waals surface area contributed by atoms with Gasteiger partial charge in [0.15, 0.2) is 0 Å². The van der Waals surface area contributed by atoms with E-state index in [4.69, 9.17) is 0 Å². The van der Waals surface area contributed by atoms with Crippen LogP contribution in [0.4, 0.5) is 0 Å². The molecule has 16 heavy (non-hydrogen) atoms. The normalized spacial score (nSPS) is 11.5. The highest BCUT2D eigenvalue weighted by atomic mass is 16.1. The quantitative estimate of drug-likeness (QED) is 0.428. The SMILES string of the molecule is O=CC=CC=Cc1ccc2cccccc1-2. The summed E-state index contributed by atoms with van der Waals surface area (Å²) in [7, 11) is 0. The monoisotopic (exact) mass is 208 g/mol. The molecule has 0 heterocycles. The second-order valence-corrected chi connectivity index (χ2v) is 3.45. The number of hydrogen-bond acceptors (Lipinski definition) is 1. The van der Waals surface area contributed by atoms with E-state index in [2.05, 4.69) is 24.3 Å². The van der Waals surface area contributed by atoms with E-state index in [1.54, 1.807) is 6.08 Å². The zero-order valence-electron chi connectivity index (χ0n) is 8.84. The van der Waals surface area contributed by atoms with Crippen molar-refractivity contribution in [3.63, 3.8) is 0 Å². The van der Waals surface area contributed by atoms with E-state index in [0.717, 1.165) is 6.29 Å². The van der Waals surface area contributed by atoms with Crippen LogP contribution in [-0.4, -0.2) is 6.29 Å². The van der Waals surface area contributed by atoms with Crippen LogP contribution in [0, 0.1) is 0 Å². The van der Waals surface area contributed by atoms with Gasteiger partial charge in [-0.25, -0.2) is 0 Å². The van der Waals surface area contributed by atoms with Crippen LogP contribution in [0.1, 0.15) is 5.56 Å². The highest BCUT2D eigenvalue weighted by molar-refractivity contribution is 5.78. The van der Waals surface area contributed by atoms with Crippen molar-refractivity contribution >= 4 is 12.4 Å². The number of fused-ring (bicyclic) bond motifs is 1.